The van der Waals surface area contributed by atoms with E-state index in [9.17, 15) is 24.6 Å². The molecule has 310 valence electrons. The third-order valence-corrected chi connectivity index (χ3v) is 9.99. The molecule has 4 aromatic carbocycles. The third-order valence-electron chi connectivity index (χ3n) is 9.99. The standard InChI is InChI=1S/C43H58N10O5/c1-28(32-17-16-31-9-4-5-10-33(31)27-32)53(24-7-3-2-6-22-49-42(45)46)38(11-8-23-50-43(47)48)41(58)52-40(57)37(26-30-14-20-35(55)21-15-30)51-39(56)36(44)25-29-12-18-34(54)19-13-29/h4-5,9-10,12-21,27-28,36-38,54-55H,2-3,6-8,11,22-26,44H2,1H3,(H,51,56)(H4,45,46,49)(H4,47,48,50)(H,52,57,58)/t28-,36+,37+,38+/m1/s1. The average molecular weight is 795 g/mol. The van der Waals surface area contributed by atoms with E-state index in [-0.39, 0.29) is 48.8 Å². The number of nitrogens with one attached hydrogen (secondary N) is 2. The molecule has 0 spiro atoms. The van der Waals surface area contributed by atoms with Gasteiger partial charge in [-0.15, -0.1) is 0 Å². The number of aliphatic imine (C=N–C) groups is 2. The third kappa shape index (κ3) is 14.4. The number of guanidine groups is 2. The number of nitrogens with zero attached hydrogens (tertiary/aromatic N) is 3. The van der Waals surface area contributed by atoms with Crippen LogP contribution in [0.4, 0.5) is 0 Å². The first-order valence-electron chi connectivity index (χ1n) is 19.6. The molecule has 58 heavy (non-hydrogen) atoms. The van der Waals surface area contributed by atoms with Crippen LogP contribution >= 0.6 is 0 Å². The Labute approximate surface area is 339 Å². The minimum atomic E-state index is -1.19. The normalized spacial score (nSPS) is 13.2. The van der Waals surface area contributed by atoms with E-state index in [1.54, 1.807) is 24.3 Å². The maximum absolute atomic E-state index is 14.5. The van der Waals surface area contributed by atoms with E-state index in [0.717, 1.165) is 42.0 Å². The largest absolute Gasteiger partial charge is 0.508 e. The molecule has 4 atom stereocenters. The number of hydrogen-bond acceptors (Lipinski definition) is 9. The van der Waals surface area contributed by atoms with Crippen LogP contribution in [0.15, 0.2) is 101 Å². The molecule has 0 aliphatic rings. The highest BCUT2D eigenvalue weighted by atomic mass is 16.3. The smallest absolute Gasteiger partial charge is 0.249 e. The zero-order valence-corrected chi connectivity index (χ0v) is 33.1. The zero-order valence-electron chi connectivity index (χ0n) is 33.1. The number of unbranched alkanes of at least 4 members (excludes halogenated alkanes) is 3. The molecule has 4 rings (SSSR count). The Morgan fingerprint density at radius 2 is 1.24 bits per heavy atom. The summed E-state index contributed by atoms with van der Waals surface area (Å²) in [5.41, 5.74) is 30.8. The predicted octanol–water partition coefficient (Wildman–Crippen LogP) is 2.81. The maximum Gasteiger partial charge on any atom is 0.249 e. The lowest BCUT2D eigenvalue weighted by atomic mass is 9.98. The topological polar surface area (TPSA) is 274 Å². The second kappa shape index (κ2) is 22.5. The zero-order chi connectivity index (χ0) is 42.0. The lowest BCUT2D eigenvalue weighted by Gasteiger charge is -2.36. The van der Waals surface area contributed by atoms with Crippen LogP contribution in [0.25, 0.3) is 10.8 Å². The highest BCUT2D eigenvalue weighted by Gasteiger charge is 2.33. The van der Waals surface area contributed by atoms with Crippen LogP contribution in [0.1, 0.15) is 68.2 Å². The number of hydrogen-bond donors (Lipinski definition) is 9. The van der Waals surface area contributed by atoms with Gasteiger partial charge >= 0.3 is 0 Å². The summed E-state index contributed by atoms with van der Waals surface area (Å²) >= 11 is 0. The van der Waals surface area contributed by atoms with Crippen LogP contribution in [-0.2, 0) is 27.2 Å². The van der Waals surface area contributed by atoms with E-state index in [1.807, 2.05) is 31.2 Å². The summed E-state index contributed by atoms with van der Waals surface area (Å²) in [5.74, 6) is -1.73. The first-order valence-corrected chi connectivity index (χ1v) is 19.6. The molecular weight excluding hydrogens is 737 g/mol. The Kier molecular flexibility index (Phi) is 17.3. The van der Waals surface area contributed by atoms with Crippen molar-refractivity contribution in [3.63, 3.8) is 0 Å². The monoisotopic (exact) mass is 794 g/mol. The first kappa shape index (κ1) is 44.5. The molecule has 0 unspecified atom stereocenters. The molecular formula is C43H58N10O5. The fourth-order valence-corrected chi connectivity index (χ4v) is 6.81. The minimum absolute atomic E-state index is 0.0171. The predicted molar refractivity (Wildman–Crippen MR) is 229 cm³/mol. The van der Waals surface area contributed by atoms with Crippen molar-refractivity contribution in [2.45, 2.75) is 82.5 Å². The Balaban J connectivity index is 1.61. The second-order valence-electron chi connectivity index (χ2n) is 14.5. The number of imide groups is 1. The van der Waals surface area contributed by atoms with E-state index in [2.05, 4.69) is 43.7 Å². The summed E-state index contributed by atoms with van der Waals surface area (Å²) in [4.78, 5) is 52.4. The number of rotatable bonds is 22. The van der Waals surface area contributed by atoms with E-state index >= 15 is 0 Å². The van der Waals surface area contributed by atoms with Gasteiger partial charge in [-0.25, -0.2) is 0 Å². The summed E-state index contributed by atoms with van der Waals surface area (Å²) in [7, 11) is 0. The molecule has 0 aliphatic carbocycles. The van der Waals surface area contributed by atoms with Crippen molar-refractivity contribution in [3.8, 4) is 11.5 Å². The van der Waals surface area contributed by atoms with Gasteiger partial charge < -0.3 is 44.2 Å². The number of aromatic hydroxyl groups is 2. The number of benzene rings is 4. The number of nitrogens with two attached hydrogens (primary N) is 5. The lowest BCUT2D eigenvalue weighted by molar-refractivity contribution is -0.137. The molecule has 0 aromatic heterocycles. The van der Waals surface area contributed by atoms with Gasteiger partial charge in [-0.1, -0.05) is 73.5 Å². The van der Waals surface area contributed by atoms with Gasteiger partial charge in [0.05, 0.1) is 12.1 Å². The Morgan fingerprint density at radius 3 is 1.86 bits per heavy atom. The molecule has 0 aliphatic heterocycles. The van der Waals surface area contributed by atoms with Crippen molar-refractivity contribution in [2.75, 3.05) is 19.6 Å². The number of phenols is 2. The van der Waals surface area contributed by atoms with Gasteiger partial charge in [0, 0.05) is 25.6 Å². The second-order valence-corrected chi connectivity index (χ2v) is 14.5. The molecule has 0 saturated heterocycles. The molecule has 15 nitrogen and oxygen atoms in total. The van der Waals surface area contributed by atoms with Crippen molar-refractivity contribution in [3.05, 3.63) is 108 Å². The van der Waals surface area contributed by atoms with Crippen molar-refractivity contribution in [1.29, 1.82) is 0 Å². The van der Waals surface area contributed by atoms with Crippen LogP contribution in [0.2, 0.25) is 0 Å². The number of phenolic OH excluding ortho intramolecular Hbond substituents is 2. The fraction of sp³-hybridized carbons (Fsp3) is 0.372. The van der Waals surface area contributed by atoms with Gasteiger partial charge in [-0.2, -0.15) is 0 Å². The van der Waals surface area contributed by atoms with Crippen LogP contribution in [0.5, 0.6) is 11.5 Å². The van der Waals surface area contributed by atoms with E-state index in [4.69, 9.17) is 28.7 Å². The van der Waals surface area contributed by atoms with E-state index in [1.165, 1.54) is 24.3 Å². The molecule has 4 aromatic rings. The highest BCUT2D eigenvalue weighted by molar-refractivity contribution is 6.01. The number of amides is 3. The highest BCUT2D eigenvalue weighted by Crippen LogP contribution is 2.28. The Bertz CT molecular complexity index is 2000. The molecule has 0 radical (unpaired) electrons. The van der Waals surface area contributed by atoms with Gasteiger partial charge in [0.2, 0.25) is 17.7 Å². The molecule has 0 fully saturated rings. The van der Waals surface area contributed by atoms with E-state index < -0.39 is 35.8 Å². The minimum Gasteiger partial charge on any atom is -0.508 e. The summed E-state index contributed by atoms with van der Waals surface area (Å²) in [6.45, 7) is 3.39. The van der Waals surface area contributed by atoms with Gasteiger partial charge in [0.1, 0.15) is 17.5 Å². The van der Waals surface area contributed by atoms with Crippen LogP contribution in [0.3, 0.4) is 0 Å². The SMILES string of the molecule is C[C@H](c1ccc2ccccc2c1)N(CCCCCCN=C(N)N)[C@@H](CCCN=C(N)N)C(=O)NC(=O)[C@H](Cc1ccc(O)cc1)NC(=O)[C@@H](N)Cc1ccc(O)cc1. The first-order chi connectivity index (χ1) is 27.8. The van der Waals surface area contributed by atoms with Crippen molar-refractivity contribution in [1.82, 2.24) is 15.5 Å². The van der Waals surface area contributed by atoms with Crippen molar-refractivity contribution < 1.29 is 24.6 Å². The fourth-order valence-electron chi connectivity index (χ4n) is 6.81. The van der Waals surface area contributed by atoms with Gasteiger partial charge in [0.15, 0.2) is 11.9 Å². The summed E-state index contributed by atoms with van der Waals surface area (Å²) in [5, 5.41) is 27.1. The summed E-state index contributed by atoms with van der Waals surface area (Å²) in [6.07, 6.45) is 4.23. The van der Waals surface area contributed by atoms with Gasteiger partial charge in [0.25, 0.3) is 0 Å². The molecule has 15 heteroatoms. The summed E-state index contributed by atoms with van der Waals surface area (Å²) < 4.78 is 0. The lowest BCUT2D eigenvalue weighted by Crippen LogP contribution is -2.57. The number of carbonyl (C=O) groups is 3. The van der Waals surface area contributed by atoms with Crippen LogP contribution in [-0.4, -0.2) is 82.5 Å². The Morgan fingerprint density at radius 1 is 0.672 bits per heavy atom. The average Bonchev–Trinajstić information content (AvgIpc) is 3.20. The van der Waals surface area contributed by atoms with Crippen LogP contribution < -0.4 is 39.3 Å². The summed E-state index contributed by atoms with van der Waals surface area (Å²) in [6, 6.07) is 23.6. The van der Waals surface area contributed by atoms with Crippen LogP contribution in [0, 0.1) is 0 Å². The molecule has 3 amide bonds. The molecule has 0 heterocycles. The van der Waals surface area contributed by atoms with Crippen molar-refractivity contribution >= 4 is 40.4 Å². The van der Waals surface area contributed by atoms with Gasteiger partial charge in [-0.3, -0.25) is 34.6 Å². The Hall–Kier alpha value is -6.19. The molecule has 0 bridgehead atoms. The quantitative estimate of drug-likeness (QED) is 0.0317. The number of carbonyl (C=O) groups excluding carboxylic acids is 3. The molecule has 14 N–H and O–H groups in total. The van der Waals surface area contributed by atoms with E-state index in [0.29, 0.717) is 37.1 Å². The number of fused-ring (bicyclic) bond motifs is 1. The van der Waals surface area contributed by atoms with Crippen molar-refractivity contribution in [2.24, 2.45) is 38.7 Å². The maximum atomic E-state index is 14.5. The van der Waals surface area contributed by atoms with Gasteiger partial charge in [-0.05, 0) is 103 Å². The molecule has 0 saturated carbocycles.